The van der Waals surface area contributed by atoms with Crippen LogP contribution in [0, 0.1) is 0 Å². The summed E-state index contributed by atoms with van der Waals surface area (Å²) < 4.78 is 10.5. The van der Waals surface area contributed by atoms with Crippen molar-refractivity contribution in [3.63, 3.8) is 0 Å². The summed E-state index contributed by atoms with van der Waals surface area (Å²) in [4.78, 5) is 27.1. The third-order valence-electron chi connectivity index (χ3n) is 4.13. The average molecular weight is 306 g/mol. The molecular weight excluding hydrogens is 288 g/mol. The van der Waals surface area contributed by atoms with E-state index in [-0.39, 0.29) is 12.7 Å². The van der Waals surface area contributed by atoms with E-state index < -0.39 is 12.0 Å². The fraction of sp³-hybridized carbons (Fsp3) is 0.467. The van der Waals surface area contributed by atoms with E-state index in [1.165, 1.54) is 0 Å². The number of nitrogens with zero attached hydrogens (tertiary/aromatic N) is 2. The van der Waals surface area contributed by atoms with Crippen LogP contribution < -0.4 is 9.47 Å². The average Bonchev–Trinajstić information content (AvgIpc) is 3.01. The monoisotopic (exact) mass is 306 g/mol. The van der Waals surface area contributed by atoms with Gasteiger partial charge in [0.05, 0.1) is 0 Å². The number of hydrogen-bond acceptors (Lipinski definition) is 5. The Morgan fingerprint density at radius 2 is 1.82 bits per heavy atom. The molecule has 2 aliphatic heterocycles. The molecule has 1 aromatic rings. The Bertz CT molecular complexity index is 596. The lowest BCUT2D eigenvalue weighted by molar-refractivity contribution is -0.143. The van der Waals surface area contributed by atoms with E-state index in [4.69, 9.17) is 14.6 Å². The number of aliphatic carboxylic acids is 1. The number of piperazine rings is 1. The van der Waals surface area contributed by atoms with Crippen molar-refractivity contribution in [2.24, 2.45) is 0 Å². The molecule has 0 radical (unpaired) electrons. The molecule has 1 atom stereocenters. The lowest BCUT2D eigenvalue weighted by Gasteiger charge is -2.36. The van der Waals surface area contributed by atoms with Crippen LogP contribution in [-0.2, 0) is 4.79 Å². The van der Waals surface area contributed by atoms with Gasteiger partial charge in [0.1, 0.15) is 6.04 Å². The number of benzene rings is 1. The van der Waals surface area contributed by atoms with Crippen molar-refractivity contribution in [3.8, 4) is 11.5 Å². The summed E-state index contributed by atoms with van der Waals surface area (Å²) >= 11 is 0. The molecule has 1 amide bonds. The molecule has 2 aliphatic rings. The number of ether oxygens (including phenoxy) is 2. The smallest absolute Gasteiger partial charge is 0.320 e. The van der Waals surface area contributed by atoms with E-state index in [1.54, 1.807) is 30.0 Å². The Labute approximate surface area is 128 Å². The number of carbonyl (C=O) groups excluding carboxylic acids is 1. The molecule has 7 heteroatoms. The van der Waals surface area contributed by atoms with Gasteiger partial charge in [-0.3, -0.25) is 14.5 Å². The van der Waals surface area contributed by atoms with E-state index in [2.05, 4.69) is 0 Å². The molecule has 0 bridgehead atoms. The van der Waals surface area contributed by atoms with Gasteiger partial charge in [0.25, 0.3) is 5.91 Å². The SMILES string of the molecule is C[C@H](C(=O)O)N1CCN(C(=O)c2ccc3c(c2)OCO3)CC1. The molecule has 7 nitrogen and oxygen atoms in total. The number of amides is 1. The van der Waals surface area contributed by atoms with Crippen LogP contribution in [0.3, 0.4) is 0 Å². The summed E-state index contributed by atoms with van der Waals surface area (Å²) in [6.07, 6.45) is 0. The predicted molar refractivity (Wildman–Crippen MR) is 77.1 cm³/mol. The van der Waals surface area contributed by atoms with Crippen molar-refractivity contribution >= 4 is 11.9 Å². The number of rotatable bonds is 3. The topological polar surface area (TPSA) is 79.3 Å². The molecule has 0 aliphatic carbocycles. The first kappa shape index (κ1) is 14.6. The van der Waals surface area contributed by atoms with E-state index >= 15 is 0 Å². The van der Waals surface area contributed by atoms with Crippen LogP contribution in [0.15, 0.2) is 18.2 Å². The Balaban J connectivity index is 1.64. The normalized spacial score (nSPS) is 19.0. The molecule has 0 unspecified atom stereocenters. The fourth-order valence-electron chi connectivity index (χ4n) is 2.68. The summed E-state index contributed by atoms with van der Waals surface area (Å²) in [5, 5.41) is 9.03. The third-order valence-corrected chi connectivity index (χ3v) is 4.13. The number of fused-ring (bicyclic) bond motifs is 1. The van der Waals surface area contributed by atoms with Crippen LogP contribution in [-0.4, -0.2) is 65.8 Å². The van der Waals surface area contributed by atoms with Gasteiger partial charge >= 0.3 is 5.97 Å². The Morgan fingerprint density at radius 1 is 1.14 bits per heavy atom. The molecule has 0 saturated carbocycles. The zero-order chi connectivity index (χ0) is 15.7. The zero-order valence-electron chi connectivity index (χ0n) is 12.3. The van der Waals surface area contributed by atoms with E-state index in [0.717, 1.165) is 0 Å². The number of hydrogen-bond donors (Lipinski definition) is 1. The first-order valence-electron chi connectivity index (χ1n) is 7.22. The van der Waals surface area contributed by atoms with Crippen LogP contribution in [0.2, 0.25) is 0 Å². The number of carboxylic acids is 1. The van der Waals surface area contributed by atoms with Crippen molar-refractivity contribution in [1.82, 2.24) is 9.80 Å². The third kappa shape index (κ3) is 2.71. The van der Waals surface area contributed by atoms with Gasteiger partial charge in [0, 0.05) is 31.7 Å². The highest BCUT2D eigenvalue weighted by atomic mass is 16.7. The number of carboxylic acid groups (broad SMARTS) is 1. The molecular formula is C15H18N2O5. The van der Waals surface area contributed by atoms with Gasteiger partial charge in [-0.2, -0.15) is 0 Å². The highest BCUT2D eigenvalue weighted by Gasteiger charge is 2.28. The Morgan fingerprint density at radius 3 is 2.50 bits per heavy atom. The fourth-order valence-corrected chi connectivity index (χ4v) is 2.68. The van der Waals surface area contributed by atoms with Crippen LogP contribution in [0.1, 0.15) is 17.3 Å². The van der Waals surface area contributed by atoms with Crippen LogP contribution in [0.5, 0.6) is 11.5 Å². The van der Waals surface area contributed by atoms with Crippen molar-refractivity contribution in [2.45, 2.75) is 13.0 Å². The minimum Gasteiger partial charge on any atom is -0.480 e. The molecule has 22 heavy (non-hydrogen) atoms. The molecule has 1 fully saturated rings. The van der Waals surface area contributed by atoms with Crippen LogP contribution in [0.25, 0.3) is 0 Å². The lowest BCUT2D eigenvalue weighted by Crippen LogP contribution is -2.53. The van der Waals surface area contributed by atoms with Gasteiger partial charge in [-0.05, 0) is 25.1 Å². The maximum atomic E-state index is 12.5. The molecule has 2 heterocycles. The first-order chi connectivity index (χ1) is 10.6. The highest BCUT2D eigenvalue weighted by Crippen LogP contribution is 2.32. The van der Waals surface area contributed by atoms with E-state index in [9.17, 15) is 9.59 Å². The van der Waals surface area contributed by atoms with Crippen molar-refractivity contribution < 1.29 is 24.2 Å². The molecule has 3 rings (SSSR count). The molecule has 1 N–H and O–H groups in total. The van der Waals surface area contributed by atoms with Gasteiger partial charge in [-0.25, -0.2) is 0 Å². The summed E-state index contributed by atoms with van der Waals surface area (Å²) in [5.41, 5.74) is 0.559. The molecule has 1 aromatic carbocycles. The van der Waals surface area contributed by atoms with Crippen LogP contribution in [0.4, 0.5) is 0 Å². The maximum Gasteiger partial charge on any atom is 0.320 e. The van der Waals surface area contributed by atoms with Gasteiger partial charge in [-0.1, -0.05) is 0 Å². The summed E-state index contributed by atoms with van der Waals surface area (Å²) in [7, 11) is 0. The van der Waals surface area contributed by atoms with Crippen molar-refractivity contribution in [1.29, 1.82) is 0 Å². The quantitative estimate of drug-likeness (QED) is 0.883. The summed E-state index contributed by atoms with van der Waals surface area (Å²) in [5.74, 6) is 0.331. The molecule has 0 aromatic heterocycles. The van der Waals surface area contributed by atoms with Gasteiger partial charge in [-0.15, -0.1) is 0 Å². The molecule has 118 valence electrons. The Hall–Kier alpha value is -2.28. The van der Waals surface area contributed by atoms with Gasteiger partial charge in [0.15, 0.2) is 11.5 Å². The highest BCUT2D eigenvalue weighted by molar-refractivity contribution is 5.95. The largest absolute Gasteiger partial charge is 0.480 e. The first-order valence-corrected chi connectivity index (χ1v) is 7.22. The second-order valence-corrected chi connectivity index (χ2v) is 5.41. The van der Waals surface area contributed by atoms with Crippen LogP contribution >= 0.6 is 0 Å². The second kappa shape index (κ2) is 5.84. The van der Waals surface area contributed by atoms with Gasteiger partial charge < -0.3 is 19.5 Å². The predicted octanol–water partition coefficient (Wildman–Crippen LogP) is 0.646. The summed E-state index contributed by atoms with van der Waals surface area (Å²) in [6.45, 7) is 4.00. The minimum absolute atomic E-state index is 0.0686. The summed E-state index contributed by atoms with van der Waals surface area (Å²) in [6, 6.07) is 4.62. The van der Waals surface area contributed by atoms with Crippen molar-refractivity contribution in [3.05, 3.63) is 23.8 Å². The standard InChI is InChI=1S/C15H18N2O5/c1-10(15(19)20)16-4-6-17(7-5-16)14(18)11-2-3-12-13(8-11)22-9-21-12/h2-3,8,10H,4-7,9H2,1H3,(H,19,20)/t10-/m1/s1. The molecule has 0 spiro atoms. The van der Waals surface area contributed by atoms with E-state index in [1.807, 2.05) is 4.90 Å². The minimum atomic E-state index is -0.837. The van der Waals surface area contributed by atoms with Crippen molar-refractivity contribution in [2.75, 3.05) is 33.0 Å². The maximum absolute atomic E-state index is 12.5. The number of carbonyl (C=O) groups is 2. The second-order valence-electron chi connectivity index (χ2n) is 5.41. The van der Waals surface area contributed by atoms with E-state index in [0.29, 0.717) is 43.2 Å². The zero-order valence-corrected chi connectivity index (χ0v) is 12.3. The lowest BCUT2D eigenvalue weighted by atomic mass is 10.1. The Kier molecular flexibility index (Phi) is 3.89. The van der Waals surface area contributed by atoms with Gasteiger partial charge in [0.2, 0.25) is 6.79 Å². The molecule has 1 saturated heterocycles.